The fourth-order valence-electron chi connectivity index (χ4n) is 5.05. The van der Waals surface area contributed by atoms with E-state index >= 15 is 0 Å². The summed E-state index contributed by atoms with van der Waals surface area (Å²) in [6.07, 6.45) is 7.36. The molecule has 0 bridgehead atoms. The van der Waals surface area contributed by atoms with Crippen molar-refractivity contribution in [3.8, 4) is 17.2 Å². The Kier molecular flexibility index (Phi) is 7.23. The number of hydrogen-bond donors (Lipinski definition) is 0. The van der Waals surface area contributed by atoms with Gasteiger partial charge in [-0.3, -0.25) is 4.79 Å². The summed E-state index contributed by atoms with van der Waals surface area (Å²) < 4.78 is 17.3. The van der Waals surface area contributed by atoms with Gasteiger partial charge >= 0.3 is 0 Å². The van der Waals surface area contributed by atoms with Gasteiger partial charge in [0.25, 0.3) is 0 Å². The lowest BCUT2D eigenvalue weighted by Gasteiger charge is -2.40. The second-order valence-corrected chi connectivity index (χ2v) is 8.85. The van der Waals surface area contributed by atoms with E-state index in [9.17, 15) is 4.79 Å². The third-order valence-corrected chi connectivity index (χ3v) is 6.98. The summed E-state index contributed by atoms with van der Waals surface area (Å²) in [4.78, 5) is 15.6. The first kappa shape index (κ1) is 22.5. The Morgan fingerprint density at radius 3 is 2.34 bits per heavy atom. The molecule has 32 heavy (non-hydrogen) atoms. The number of carbonyl (C=O) groups is 1. The lowest BCUT2D eigenvalue weighted by molar-refractivity contribution is -0.140. The van der Waals surface area contributed by atoms with E-state index < -0.39 is 0 Å². The van der Waals surface area contributed by atoms with Crippen molar-refractivity contribution < 1.29 is 19.0 Å². The maximum Gasteiger partial charge on any atom is 0.226 e. The Bertz CT molecular complexity index is 918. The van der Waals surface area contributed by atoms with E-state index in [4.69, 9.17) is 14.2 Å². The van der Waals surface area contributed by atoms with Gasteiger partial charge in [0.1, 0.15) is 12.4 Å². The summed E-state index contributed by atoms with van der Waals surface area (Å²) in [6, 6.07) is 12.2. The number of ether oxygens (including phenoxy) is 3. The summed E-state index contributed by atoms with van der Waals surface area (Å²) >= 11 is 0. The van der Waals surface area contributed by atoms with E-state index in [-0.39, 0.29) is 17.9 Å². The zero-order chi connectivity index (χ0) is 22.5. The average molecular weight is 438 g/mol. The monoisotopic (exact) mass is 437 g/mol. The van der Waals surface area contributed by atoms with Crippen LogP contribution >= 0.6 is 0 Å². The van der Waals surface area contributed by atoms with Crippen molar-refractivity contribution in [1.82, 2.24) is 4.90 Å². The highest BCUT2D eigenvalue weighted by Gasteiger charge is 2.36. The maximum absolute atomic E-state index is 13.6. The number of methoxy groups -OCH3 is 2. The minimum Gasteiger partial charge on any atom is -0.493 e. The molecule has 0 aromatic heterocycles. The molecule has 1 saturated carbocycles. The van der Waals surface area contributed by atoms with Gasteiger partial charge in [-0.2, -0.15) is 0 Å². The van der Waals surface area contributed by atoms with E-state index in [2.05, 4.69) is 30.0 Å². The third-order valence-electron chi connectivity index (χ3n) is 6.98. The van der Waals surface area contributed by atoms with Crippen LogP contribution < -0.4 is 14.2 Å². The second kappa shape index (κ2) is 10.3. The van der Waals surface area contributed by atoms with Gasteiger partial charge in [-0.25, -0.2) is 0 Å². The number of carbonyl (C=O) groups excluding carboxylic acids is 1. The molecule has 5 nitrogen and oxygen atoms in total. The standard InChI is InChI=1S/C27H35NO4/c1-4-19-10-12-22(13-11-19)32-18-24-23-17-26(31-3)25(30-2)16-21(23)14-15-28(24)27(29)20-8-6-5-7-9-20/h10-13,16-17,20,24H,4-9,14-15,18H2,1-3H3. The number of rotatable bonds is 7. The van der Waals surface area contributed by atoms with Gasteiger partial charge in [0.15, 0.2) is 11.5 Å². The van der Waals surface area contributed by atoms with E-state index in [1.165, 1.54) is 17.5 Å². The van der Waals surface area contributed by atoms with Crippen molar-refractivity contribution in [2.45, 2.75) is 57.9 Å². The quantitative estimate of drug-likeness (QED) is 0.586. The highest BCUT2D eigenvalue weighted by molar-refractivity contribution is 5.80. The first-order valence-corrected chi connectivity index (χ1v) is 11.9. The molecule has 1 heterocycles. The molecule has 0 spiro atoms. The first-order valence-electron chi connectivity index (χ1n) is 11.9. The van der Waals surface area contributed by atoms with Gasteiger partial charge in [0, 0.05) is 12.5 Å². The Morgan fingerprint density at radius 1 is 1.00 bits per heavy atom. The Morgan fingerprint density at radius 2 is 1.69 bits per heavy atom. The fourth-order valence-corrected chi connectivity index (χ4v) is 5.05. The fraction of sp³-hybridized carbons (Fsp3) is 0.519. The van der Waals surface area contributed by atoms with Gasteiger partial charge < -0.3 is 19.1 Å². The van der Waals surface area contributed by atoms with Crippen molar-refractivity contribution in [3.63, 3.8) is 0 Å². The van der Waals surface area contributed by atoms with Crippen LogP contribution in [0.4, 0.5) is 0 Å². The molecule has 4 rings (SSSR count). The number of amides is 1. The topological polar surface area (TPSA) is 48.0 Å². The molecule has 0 N–H and O–H groups in total. The molecule has 0 radical (unpaired) electrons. The van der Waals surface area contributed by atoms with Crippen LogP contribution in [0.15, 0.2) is 36.4 Å². The van der Waals surface area contributed by atoms with Crippen LogP contribution in [-0.2, 0) is 17.6 Å². The molecule has 1 unspecified atom stereocenters. The first-order chi connectivity index (χ1) is 15.6. The van der Waals surface area contributed by atoms with Crippen LogP contribution in [0.2, 0.25) is 0 Å². The van der Waals surface area contributed by atoms with Crippen molar-refractivity contribution in [3.05, 3.63) is 53.1 Å². The van der Waals surface area contributed by atoms with Crippen LogP contribution in [0.3, 0.4) is 0 Å². The normalized spacial score (nSPS) is 18.7. The van der Waals surface area contributed by atoms with Crippen molar-refractivity contribution in [1.29, 1.82) is 0 Å². The van der Waals surface area contributed by atoms with E-state index in [0.717, 1.165) is 55.6 Å². The van der Waals surface area contributed by atoms with Crippen molar-refractivity contribution in [2.75, 3.05) is 27.4 Å². The molecule has 2 aromatic rings. The second-order valence-electron chi connectivity index (χ2n) is 8.85. The molecule has 2 aromatic carbocycles. The molecular formula is C27H35NO4. The largest absolute Gasteiger partial charge is 0.493 e. The number of fused-ring (bicyclic) bond motifs is 1. The molecular weight excluding hydrogens is 402 g/mol. The molecule has 5 heteroatoms. The summed E-state index contributed by atoms with van der Waals surface area (Å²) in [7, 11) is 3.31. The maximum atomic E-state index is 13.6. The zero-order valence-electron chi connectivity index (χ0n) is 19.6. The Balaban J connectivity index is 1.63. The molecule has 1 atom stereocenters. The van der Waals surface area contributed by atoms with Crippen LogP contribution in [0.25, 0.3) is 0 Å². The zero-order valence-corrected chi connectivity index (χ0v) is 19.6. The van der Waals surface area contributed by atoms with Gasteiger partial charge in [0.05, 0.1) is 20.3 Å². The number of hydrogen-bond acceptors (Lipinski definition) is 4. The van der Waals surface area contributed by atoms with Gasteiger partial charge in [-0.1, -0.05) is 38.3 Å². The number of aryl methyl sites for hydroxylation is 1. The Hall–Kier alpha value is -2.69. The summed E-state index contributed by atoms with van der Waals surface area (Å²) in [6.45, 7) is 3.28. The lowest BCUT2D eigenvalue weighted by atomic mass is 9.86. The third kappa shape index (κ3) is 4.72. The summed E-state index contributed by atoms with van der Waals surface area (Å²) in [5, 5.41) is 0. The van der Waals surface area contributed by atoms with Crippen LogP contribution in [0.1, 0.15) is 61.8 Å². The molecule has 1 amide bonds. The van der Waals surface area contributed by atoms with Crippen LogP contribution in [0, 0.1) is 5.92 Å². The van der Waals surface area contributed by atoms with Gasteiger partial charge in [-0.15, -0.1) is 0 Å². The highest BCUT2D eigenvalue weighted by Crippen LogP contribution is 2.40. The molecule has 1 aliphatic carbocycles. The minimum atomic E-state index is -0.140. The van der Waals surface area contributed by atoms with E-state index in [1.54, 1.807) is 14.2 Å². The summed E-state index contributed by atoms with van der Waals surface area (Å²) in [5.74, 6) is 2.67. The predicted octanol–water partition coefficient (Wildman–Crippen LogP) is 5.35. The number of nitrogens with zero attached hydrogens (tertiary/aromatic N) is 1. The lowest BCUT2D eigenvalue weighted by Crippen LogP contribution is -2.45. The molecule has 172 valence electrons. The molecule has 1 fully saturated rings. The van der Waals surface area contributed by atoms with E-state index in [0.29, 0.717) is 18.9 Å². The number of benzene rings is 2. The molecule has 0 saturated heterocycles. The van der Waals surface area contributed by atoms with Crippen LogP contribution in [-0.4, -0.2) is 38.2 Å². The molecule has 1 aliphatic heterocycles. The Labute approximate surface area is 191 Å². The molecule has 2 aliphatic rings. The van der Waals surface area contributed by atoms with Crippen LogP contribution in [0.5, 0.6) is 17.2 Å². The van der Waals surface area contributed by atoms with Gasteiger partial charge in [-0.05, 0) is 66.6 Å². The predicted molar refractivity (Wildman–Crippen MR) is 126 cm³/mol. The average Bonchev–Trinajstić information content (AvgIpc) is 2.86. The summed E-state index contributed by atoms with van der Waals surface area (Å²) in [5.41, 5.74) is 3.58. The van der Waals surface area contributed by atoms with Gasteiger partial charge in [0.2, 0.25) is 5.91 Å². The van der Waals surface area contributed by atoms with Crippen molar-refractivity contribution in [2.24, 2.45) is 5.92 Å². The highest BCUT2D eigenvalue weighted by atomic mass is 16.5. The minimum absolute atomic E-state index is 0.136. The SMILES string of the molecule is CCc1ccc(OCC2c3cc(OC)c(OC)cc3CCN2C(=O)C2CCCCC2)cc1. The van der Waals surface area contributed by atoms with E-state index in [1.807, 2.05) is 18.2 Å². The smallest absolute Gasteiger partial charge is 0.226 e. The van der Waals surface area contributed by atoms with Crippen molar-refractivity contribution >= 4 is 5.91 Å².